The number of carbonyl (C=O) groups is 2. The van der Waals surface area contributed by atoms with Crippen LogP contribution in [0.2, 0.25) is 0 Å². The molecule has 1 saturated heterocycles. The summed E-state index contributed by atoms with van der Waals surface area (Å²) >= 11 is 0. The molecule has 1 heterocycles. The minimum absolute atomic E-state index is 0.0205. The van der Waals surface area contributed by atoms with Crippen molar-refractivity contribution in [2.75, 3.05) is 26.2 Å². The maximum atomic E-state index is 12.4. The van der Waals surface area contributed by atoms with Crippen LogP contribution in [0.5, 0.6) is 5.75 Å². The normalized spacial score (nSPS) is 16.7. The fraction of sp³-hybridized carbons (Fsp3) is 0.500. The van der Waals surface area contributed by atoms with E-state index in [0.717, 1.165) is 0 Å². The lowest BCUT2D eigenvalue weighted by Crippen LogP contribution is -2.55. The summed E-state index contributed by atoms with van der Waals surface area (Å²) in [7, 11) is 0. The van der Waals surface area contributed by atoms with Crippen molar-refractivity contribution in [3.8, 4) is 5.75 Å². The number of phenolic OH excluding ortho intramolecular Hbond substituents is 1. The minimum Gasteiger partial charge on any atom is -0.507 e. The number of nitrogens with zero attached hydrogens (tertiary/aromatic N) is 2. The largest absolute Gasteiger partial charge is 0.507 e. The van der Waals surface area contributed by atoms with Gasteiger partial charge in [-0.1, -0.05) is 26.0 Å². The molecule has 0 aliphatic carbocycles. The third-order valence-corrected chi connectivity index (χ3v) is 4.02. The number of benzene rings is 1. The average Bonchev–Trinajstić information content (AvgIpc) is 2.53. The summed E-state index contributed by atoms with van der Waals surface area (Å²) in [5.74, 6) is -0.204. The summed E-state index contributed by atoms with van der Waals surface area (Å²) < 4.78 is 0. The lowest BCUT2D eigenvalue weighted by atomic mass is 10.0. The number of phenols is 1. The van der Waals surface area contributed by atoms with E-state index in [4.69, 9.17) is 5.73 Å². The molecule has 1 aromatic carbocycles. The number of para-hydroxylation sites is 1. The molecular formula is C16H23N3O3. The van der Waals surface area contributed by atoms with Crippen molar-refractivity contribution < 1.29 is 14.7 Å². The van der Waals surface area contributed by atoms with Crippen molar-refractivity contribution in [2.24, 2.45) is 11.7 Å². The summed E-state index contributed by atoms with van der Waals surface area (Å²) in [5.41, 5.74) is 6.18. The Labute approximate surface area is 130 Å². The number of piperazine rings is 1. The van der Waals surface area contributed by atoms with Gasteiger partial charge in [0.05, 0.1) is 11.6 Å². The van der Waals surface area contributed by atoms with Crippen molar-refractivity contribution in [2.45, 2.75) is 19.9 Å². The number of rotatable bonds is 3. The molecule has 6 nitrogen and oxygen atoms in total. The van der Waals surface area contributed by atoms with Crippen LogP contribution >= 0.6 is 0 Å². The van der Waals surface area contributed by atoms with Crippen molar-refractivity contribution in [1.29, 1.82) is 0 Å². The standard InChI is InChI=1S/C16H23N3O3/c1-11(2)14(17)16(22)19-9-7-18(8-10-19)15(21)12-5-3-4-6-13(12)20/h3-6,11,14,20H,7-10,17H2,1-2H3/t14-/m0/s1. The Hall–Kier alpha value is -2.08. The van der Waals surface area contributed by atoms with Crippen LogP contribution in [0.15, 0.2) is 24.3 Å². The van der Waals surface area contributed by atoms with Gasteiger partial charge in [-0.3, -0.25) is 9.59 Å². The molecule has 0 aromatic heterocycles. The van der Waals surface area contributed by atoms with Gasteiger partial charge in [0.15, 0.2) is 0 Å². The first-order valence-corrected chi connectivity index (χ1v) is 7.53. The number of nitrogens with two attached hydrogens (primary N) is 1. The van der Waals surface area contributed by atoms with Gasteiger partial charge in [-0.25, -0.2) is 0 Å². The van der Waals surface area contributed by atoms with E-state index in [2.05, 4.69) is 0 Å². The summed E-state index contributed by atoms with van der Waals surface area (Å²) in [6, 6.07) is 5.99. The summed E-state index contributed by atoms with van der Waals surface area (Å²) in [6.45, 7) is 5.67. The zero-order valence-corrected chi connectivity index (χ0v) is 13.0. The molecule has 0 saturated carbocycles. The molecule has 2 rings (SSSR count). The molecule has 1 aliphatic heterocycles. The Morgan fingerprint density at radius 3 is 2.18 bits per heavy atom. The molecule has 1 aliphatic rings. The molecule has 0 radical (unpaired) electrons. The third-order valence-electron chi connectivity index (χ3n) is 4.02. The third kappa shape index (κ3) is 3.39. The second-order valence-electron chi connectivity index (χ2n) is 5.90. The lowest BCUT2D eigenvalue weighted by Gasteiger charge is -2.36. The van der Waals surface area contributed by atoms with Gasteiger partial charge in [0.1, 0.15) is 5.75 Å². The monoisotopic (exact) mass is 305 g/mol. The van der Waals surface area contributed by atoms with Gasteiger partial charge in [-0.15, -0.1) is 0 Å². The maximum absolute atomic E-state index is 12.4. The van der Waals surface area contributed by atoms with E-state index < -0.39 is 6.04 Å². The Kier molecular flexibility index (Phi) is 5.03. The van der Waals surface area contributed by atoms with Gasteiger partial charge >= 0.3 is 0 Å². The van der Waals surface area contributed by atoms with Crippen LogP contribution < -0.4 is 5.73 Å². The minimum atomic E-state index is -0.500. The van der Waals surface area contributed by atoms with Gasteiger partial charge in [0.25, 0.3) is 5.91 Å². The topological polar surface area (TPSA) is 86.9 Å². The molecule has 0 spiro atoms. The molecule has 120 valence electrons. The van der Waals surface area contributed by atoms with Crippen LogP contribution in [0.4, 0.5) is 0 Å². The van der Waals surface area contributed by atoms with Crippen LogP contribution in [-0.4, -0.2) is 58.9 Å². The van der Waals surface area contributed by atoms with E-state index in [9.17, 15) is 14.7 Å². The van der Waals surface area contributed by atoms with Gasteiger partial charge in [0, 0.05) is 26.2 Å². The number of hydrogen-bond acceptors (Lipinski definition) is 4. The first-order chi connectivity index (χ1) is 10.4. The Morgan fingerprint density at radius 2 is 1.64 bits per heavy atom. The van der Waals surface area contributed by atoms with E-state index in [1.165, 1.54) is 6.07 Å². The van der Waals surface area contributed by atoms with Gasteiger partial charge < -0.3 is 20.6 Å². The lowest BCUT2D eigenvalue weighted by molar-refractivity contribution is -0.135. The summed E-state index contributed by atoms with van der Waals surface area (Å²) in [5, 5.41) is 9.76. The molecule has 1 fully saturated rings. The highest BCUT2D eigenvalue weighted by molar-refractivity contribution is 5.97. The molecular weight excluding hydrogens is 282 g/mol. The van der Waals surface area contributed by atoms with Crippen molar-refractivity contribution in [3.63, 3.8) is 0 Å². The van der Waals surface area contributed by atoms with Gasteiger partial charge in [0.2, 0.25) is 5.91 Å². The molecule has 0 bridgehead atoms. The zero-order valence-electron chi connectivity index (χ0n) is 13.0. The van der Waals surface area contributed by atoms with Gasteiger partial charge in [-0.05, 0) is 18.1 Å². The van der Waals surface area contributed by atoms with Crippen LogP contribution in [0, 0.1) is 5.92 Å². The Bertz CT molecular complexity index is 551. The van der Waals surface area contributed by atoms with E-state index in [1.807, 2.05) is 13.8 Å². The van der Waals surface area contributed by atoms with Crippen molar-refractivity contribution >= 4 is 11.8 Å². The number of aromatic hydroxyl groups is 1. The van der Waals surface area contributed by atoms with E-state index in [0.29, 0.717) is 31.7 Å². The Morgan fingerprint density at radius 1 is 1.09 bits per heavy atom. The fourth-order valence-corrected chi connectivity index (χ4v) is 2.45. The summed E-state index contributed by atoms with van der Waals surface area (Å²) in [6.07, 6.45) is 0. The van der Waals surface area contributed by atoms with Crippen LogP contribution in [0.3, 0.4) is 0 Å². The second kappa shape index (κ2) is 6.79. The molecule has 1 atom stereocenters. The Balaban J connectivity index is 1.96. The van der Waals surface area contributed by atoms with Crippen LogP contribution in [0.25, 0.3) is 0 Å². The van der Waals surface area contributed by atoms with E-state index >= 15 is 0 Å². The van der Waals surface area contributed by atoms with Gasteiger partial charge in [-0.2, -0.15) is 0 Å². The molecule has 0 unspecified atom stereocenters. The van der Waals surface area contributed by atoms with Crippen molar-refractivity contribution in [1.82, 2.24) is 9.80 Å². The zero-order chi connectivity index (χ0) is 16.3. The SMILES string of the molecule is CC(C)[C@H](N)C(=O)N1CCN(C(=O)c2ccccc2O)CC1. The predicted octanol–water partition coefficient (Wildman–Crippen LogP) is 0.660. The first-order valence-electron chi connectivity index (χ1n) is 7.53. The number of hydrogen-bond donors (Lipinski definition) is 2. The average molecular weight is 305 g/mol. The van der Waals surface area contributed by atoms with Crippen LogP contribution in [-0.2, 0) is 4.79 Å². The fourth-order valence-electron chi connectivity index (χ4n) is 2.45. The quantitative estimate of drug-likeness (QED) is 0.859. The summed E-state index contributed by atoms with van der Waals surface area (Å²) in [4.78, 5) is 27.9. The first kappa shape index (κ1) is 16.3. The molecule has 3 N–H and O–H groups in total. The second-order valence-corrected chi connectivity index (χ2v) is 5.90. The van der Waals surface area contributed by atoms with E-state index in [-0.39, 0.29) is 23.5 Å². The highest BCUT2D eigenvalue weighted by atomic mass is 16.3. The van der Waals surface area contributed by atoms with E-state index in [1.54, 1.807) is 28.0 Å². The molecule has 2 amide bonds. The molecule has 22 heavy (non-hydrogen) atoms. The van der Waals surface area contributed by atoms with Crippen LogP contribution in [0.1, 0.15) is 24.2 Å². The predicted molar refractivity (Wildman–Crippen MR) is 83.4 cm³/mol. The maximum Gasteiger partial charge on any atom is 0.257 e. The molecule has 6 heteroatoms. The highest BCUT2D eigenvalue weighted by Gasteiger charge is 2.29. The number of amides is 2. The molecule has 1 aromatic rings. The number of carbonyl (C=O) groups excluding carboxylic acids is 2. The smallest absolute Gasteiger partial charge is 0.257 e. The van der Waals surface area contributed by atoms with Crippen molar-refractivity contribution in [3.05, 3.63) is 29.8 Å². The highest BCUT2D eigenvalue weighted by Crippen LogP contribution is 2.19.